The molecule has 0 bridgehead atoms. The SMILES string of the molecule is [C-]#[N+]c1cn(-c2nnc(-n3nc(C)c(C#N)c3N=Nc3c(C)cc(N(CCCCn4cnc(CC(=O)O)c4CC(=O)O)c4c(C)cc(C)cc4C)nc3Nc3c(C)cc(C)cc3C)s2)nc1N=Nc1c(NCCCOC)nc(NC)nc1Nc1c(C)cc(C)cc1C. The molecule has 9 aromatic rings. The third-order valence-electron chi connectivity index (χ3n) is 15.0. The van der Waals surface area contributed by atoms with Gasteiger partial charge in [-0.15, -0.1) is 30.7 Å². The maximum atomic E-state index is 11.9. The molecule has 6 heterocycles. The van der Waals surface area contributed by atoms with Gasteiger partial charge in [0, 0.05) is 63.7 Å². The molecule has 0 aliphatic carbocycles. The van der Waals surface area contributed by atoms with Crippen molar-refractivity contribution >= 4 is 98.3 Å². The molecule has 0 amide bonds. The van der Waals surface area contributed by atoms with Gasteiger partial charge in [-0.1, -0.05) is 64.4 Å². The van der Waals surface area contributed by atoms with E-state index in [-0.39, 0.29) is 57.4 Å². The Bertz CT molecular complexity index is 4360. The first-order valence-corrected chi connectivity index (χ1v) is 30.4. The minimum absolute atomic E-state index is 0.0136. The molecule has 0 unspecified atom stereocenters. The molecule has 0 fully saturated rings. The first kappa shape index (κ1) is 65.6. The molecule has 0 aliphatic rings. The minimum Gasteiger partial charge on any atom is -0.481 e. The maximum absolute atomic E-state index is 11.9. The van der Waals surface area contributed by atoms with Gasteiger partial charge in [0.2, 0.25) is 22.0 Å². The fraction of sp³-hybridized carbons (Fsp3) is 0.344. The number of nitrogens with one attached hydrogen (secondary N) is 4. The Morgan fingerprint density at radius 1 is 0.728 bits per heavy atom. The maximum Gasteiger partial charge on any atom is 0.309 e. The molecule has 0 aliphatic heterocycles. The van der Waals surface area contributed by atoms with Gasteiger partial charge in [0.1, 0.15) is 23.1 Å². The van der Waals surface area contributed by atoms with E-state index in [0.29, 0.717) is 97.4 Å². The number of nitriles is 1. The molecule has 6 aromatic heterocycles. The number of aromatic nitrogens is 11. The summed E-state index contributed by atoms with van der Waals surface area (Å²) in [6, 6.07) is 16.8. The molecular weight excluding hydrogens is 1190 g/mol. The number of anilines is 8. The fourth-order valence-corrected chi connectivity index (χ4v) is 11.8. The highest BCUT2D eigenvalue weighted by atomic mass is 32.1. The van der Waals surface area contributed by atoms with Crippen molar-refractivity contribution in [2.24, 2.45) is 20.5 Å². The van der Waals surface area contributed by atoms with Crippen molar-refractivity contribution < 1.29 is 24.5 Å². The van der Waals surface area contributed by atoms with Crippen LogP contribution in [0.25, 0.3) is 15.1 Å². The molecule has 9 rings (SSSR count). The molecule has 28 heteroatoms. The molecule has 27 nitrogen and oxygen atoms in total. The lowest BCUT2D eigenvalue weighted by atomic mass is 10.0. The van der Waals surface area contributed by atoms with E-state index in [9.17, 15) is 25.1 Å². The van der Waals surface area contributed by atoms with Crippen LogP contribution in [0.2, 0.25) is 0 Å². The zero-order valence-corrected chi connectivity index (χ0v) is 54.5. The van der Waals surface area contributed by atoms with Crippen LogP contribution in [-0.4, -0.2) is 110 Å². The number of carbonyl (C=O) groups is 2. The van der Waals surface area contributed by atoms with Crippen molar-refractivity contribution in [2.75, 3.05) is 60.0 Å². The lowest BCUT2D eigenvalue weighted by Crippen LogP contribution is -2.23. The van der Waals surface area contributed by atoms with Gasteiger partial charge in [0.15, 0.2) is 29.0 Å². The van der Waals surface area contributed by atoms with E-state index in [1.165, 1.54) is 21.9 Å². The molecule has 92 heavy (non-hydrogen) atoms. The second kappa shape index (κ2) is 28.8. The summed E-state index contributed by atoms with van der Waals surface area (Å²) in [6.45, 7) is 32.0. The van der Waals surface area contributed by atoms with Crippen LogP contribution < -0.4 is 26.2 Å². The van der Waals surface area contributed by atoms with Crippen molar-refractivity contribution in [3.05, 3.63) is 145 Å². The van der Waals surface area contributed by atoms with Crippen LogP contribution in [0.1, 0.15) is 97.5 Å². The number of hydrogen-bond donors (Lipinski definition) is 6. The Morgan fingerprint density at radius 3 is 1.92 bits per heavy atom. The molecule has 0 saturated carbocycles. The number of methoxy groups -OCH3 is 1. The van der Waals surface area contributed by atoms with E-state index in [1.807, 2.05) is 54.5 Å². The largest absolute Gasteiger partial charge is 0.481 e. The summed E-state index contributed by atoms with van der Waals surface area (Å²) in [5, 5.41) is 80.9. The van der Waals surface area contributed by atoms with Crippen molar-refractivity contribution in [3.63, 3.8) is 0 Å². The third kappa shape index (κ3) is 14.9. The van der Waals surface area contributed by atoms with Crippen LogP contribution in [0.4, 0.5) is 75.0 Å². The van der Waals surface area contributed by atoms with Gasteiger partial charge in [-0.3, -0.25) is 9.59 Å². The number of unbranched alkanes of at least 4 members (excludes halogenated alkanes) is 1. The second-order valence-electron chi connectivity index (χ2n) is 22.5. The summed E-state index contributed by atoms with van der Waals surface area (Å²) >= 11 is 1.07. The molecule has 0 radical (unpaired) electrons. The Balaban J connectivity index is 1.07. The number of pyridine rings is 1. The number of rotatable bonds is 27. The number of aryl methyl sites for hydroxylation is 12. The molecule has 3 aromatic carbocycles. The summed E-state index contributed by atoms with van der Waals surface area (Å²) < 4.78 is 9.79. The Hall–Kier alpha value is -10.8. The van der Waals surface area contributed by atoms with E-state index in [1.54, 1.807) is 25.6 Å². The standard InChI is InChI=1S/C64H72N22O5S/c1-34-22-37(4)52(38(5)23-34)71-59-54(41(8)28-49(70-59)84(56-42(9)26-36(3)27-43(56)10)20-16-15-19-83-33-69-46(29-50(87)88)48(83)30-51(89)90)75-78-61-45(31-65)44(11)81-86(61)64-80-79-63(92-64)85-32-47(66-12)57(82-85)77-76-55-58(68-18-17-21-91-14)73-62(67-13)74-60(55)72-53-39(6)24-35(2)25-40(53)7/h22-28,32-33H,15-21,29-30H2,1-11,13-14H3,(H,70,71)(H,87,88)(H,89,90)(H3,67,68,72,73,74). The van der Waals surface area contributed by atoms with Crippen molar-refractivity contribution in [1.82, 2.24) is 54.3 Å². The molecular formula is C64H72N22O5S. The number of azo groups is 2. The number of nitrogens with zero attached hydrogens (tertiary/aromatic N) is 18. The monoisotopic (exact) mass is 1260 g/mol. The fourth-order valence-electron chi connectivity index (χ4n) is 11.1. The Morgan fingerprint density at radius 2 is 1.33 bits per heavy atom. The quantitative estimate of drug-likeness (QED) is 0.0158. The van der Waals surface area contributed by atoms with Gasteiger partial charge in [0.05, 0.1) is 42.8 Å². The highest BCUT2D eigenvalue weighted by molar-refractivity contribution is 7.16. The van der Waals surface area contributed by atoms with E-state index in [4.69, 9.17) is 36.6 Å². The van der Waals surface area contributed by atoms with Crippen LogP contribution >= 0.6 is 11.3 Å². The van der Waals surface area contributed by atoms with Crippen LogP contribution in [0.5, 0.6) is 0 Å². The van der Waals surface area contributed by atoms with Crippen molar-refractivity contribution in [3.8, 4) is 16.3 Å². The number of carboxylic acids is 2. The van der Waals surface area contributed by atoms with Gasteiger partial charge in [-0.2, -0.15) is 30.1 Å². The number of hydrogen-bond acceptors (Lipinski definition) is 22. The molecule has 0 saturated heterocycles. The Labute approximate surface area is 536 Å². The summed E-state index contributed by atoms with van der Waals surface area (Å²) in [6.07, 6.45) is 4.15. The smallest absolute Gasteiger partial charge is 0.309 e. The van der Waals surface area contributed by atoms with E-state index in [0.717, 1.165) is 78.5 Å². The Kier molecular flexibility index (Phi) is 20.5. The lowest BCUT2D eigenvalue weighted by molar-refractivity contribution is -0.137. The van der Waals surface area contributed by atoms with Crippen LogP contribution in [-0.2, 0) is 33.7 Å². The van der Waals surface area contributed by atoms with Gasteiger partial charge in [0.25, 0.3) is 5.69 Å². The number of aliphatic carboxylic acids is 2. The third-order valence-corrected chi connectivity index (χ3v) is 15.9. The zero-order chi connectivity index (χ0) is 66.1. The van der Waals surface area contributed by atoms with Crippen LogP contribution in [0.3, 0.4) is 0 Å². The highest BCUT2D eigenvalue weighted by Crippen LogP contribution is 2.42. The van der Waals surface area contributed by atoms with E-state index < -0.39 is 11.9 Å². The number of carboxylic acid groups (broad SMARTS) is 2. The van der Waals surface area contributed by atoms with Gasteiger partial charge in [-0.05, 0) is 140 Å². The summed E-state index contributed by atoms with van der Waals surface area (Å²) in [4.78, 5) is 48.5. The average Bonchev–Trinajstić information content (AvgIpc) is 1.37. The molecule has 6 N–H and O–H groups in total. The predicted molar refractivity (Wildman–Crippen MR) is 353 cm³/mol. The molecule has 0 spiro atoms. The van der Waals surface area contributed by atoms with Crippen molar-refractivity contribution in [1.29, 1.82) is 5.26 Å². The van der Waals surface area contributed by atoms with E-state index >= 15 is 0 Å². The van der Waals surface area contributed by atoms with Crippen LogP contribution in [0.15, 0.2) is 75.4 Å². The zero-order valence-electron chi connectivity index (χ0n) is 53.6. The van der Waals surface area contributed by atoms with Gasteiger partial charge < -0.3 is 45.7 Å². The lowest BCUT2D eigenvalue weighted by Gasteiger charge is -2.29. The summed E-state index contributed by atoms with van der Waals surface area (Å²) in [5.41, 5.74) is 14.5. The van der Waals surface area contributed by atoms with Gasteiger partial charge >= 0.3 is 11.9 Å². The topological polar surface area (TPSA) is 331 Å². The highest BCUT2D eigenvalue weighted by Gasteiger charge is 2.26. The molecule has 474 valence electrons. The van der Waals surface area contributed by atoms with Crippen molar-refractivity contribution in [2.45, 2.75) is 115 Å². The van der Waals surface area contributed by atoms with E-state index in [2.05, 4.69) is 130 Å². The summed E-state index contributed by atoms with van der Waals surface area (Å²) in [7, 11) is 3.36. The van der Waals surface area contributed by atoms with Gasteiger partial charge in [-0.25, -0.2) is 19.5 Å². The normalized spacial score (nSPS) is 11.4. The minimum atomic E-state index is -1.09. The first-order valence-electron chi connectivity index (χ1n) is 29.6. The predicted octanol–water partition coefficient (Wildman–Crippen LogP) is 13.8. The average molecular weight is 1260 g/mol. The number of benzene rings is 3. The number of imidazole rings is 1. The molecule has 0 atom stereocenters. The summed E-state index contributed by atoms with van der Waals surface area (Å²) in [5.74, 6) is -0.0361. The number of ether oxygens (including phenoxy) is 1. The van der Waals surface area contributed by atoms with Crippen LogP contribution in [0, 0.1) is 94.1 Å². The second-order valence-corrected chi connectivity index (χ2v) is 23.4. The first-order chi connectivity index (χ1) is 44.1.